The highest BCUT2D eigenvalue weighted by molar-refractivity contribution is 7.98. The van der Waals surface area contributed by atoms with Gasteiger partial charge in [0, 0.05) is 24.1 Å². The van der Waals surface area contributed by atoms with Crippen LogP contribution >= 0.6 is 11.8 Å². The Labute approximate surface area is 111 Å². The first kappa shape index (κ1) is 15.3. The van der Waals surface area contributed by atoms with Gasteiger partial charge in [0.15, 0.2) is 0 Å². The van der Waals surface area contributed by atoms with Gasteiger partial charge < -0.3 is 10.1 Å². The van der Waals surface area contributed by atoms with Crippen molar-refractivity contribution in [2.24, 2.45) is 5.41 Å². The van der Waals surface area contributed by atoms with Crippen LogP contribution in [0.4, 0.5) is 0 Å². The standard InChI is InChI=1S/C14H29NOS/c1-6-14(4)12(10-13(14)16-7-2)15-11(3)8-9-17-5/h11-13,15H,6-10H2,1-5H3. The van der Waals surface area contributed by atoms with Crippen LogP contribution in [0, 0.1) is 5.41 Å². The molecular formula is C14H29NOS. The summed E-state index contributed by atoms with van der Waals surface area (Å²) in [4.78, 5) is 0. The van der Waals surface area contributed by atoms with Crippen molar-refractivity contribution in [3.05, 3.63) is 0 Å². The number of nitrogens with one attached hydrogen (secondary N) is 1. The van der Waals surface area contributed by atoms with Crippen LogP contribution in [0.5, 0.6) is 0 Å². The Morgan fingerprint density at radius 3 is 2.71 bits per heavy atom. The molecule has 0 heterocycles. The van der Waals surface area contributed by atoms with Gasteiger partial charge in [0.05, 0.1) is 6.10 Å². The molecule has 0 saturated heterocycles. The predicted octanol–water partition coefficient (Wildman–Crippen LogP) is 3.31. The van der Waals surface area contributed by atoms with E-state index in [2.05, 4.69) is 39.3 Å². The van der Waals surface area contributed by atoms with E-state index in [4.69, 9.17) is 4.74 Å². The van der Waals surface area contributed by atoms with Gasteiger partial charge in [-0.05, 0) is 45.1 Å². The molecule has 4 unspecified atom stereocenters. The Balaban J connectivity index is 2.40. The number of ether oxygens (including phenoxy) is 1. The highest BCUT2D eigenvalue weighted by Crippen LogP contribution is 2.46. The zero-order valence-electron chi connectivity index (χ0n) is 12.1. The summed E-state index contributed by atoms with van der Waals surface area (Å²) in [6.07, 6.45) is 6.28. The lowest BCUT2D eigenvalue weighted by atomic mass is 9.61. The van der Waals surface area contributed by atoms with Crippen molar-refractivity contribution in [2.45, 2.75) is 65.1 Å². The molecule has 0 aromatic carbocycles. The summed E-state index contributed by atoms with van der Waals surface area (Å²) >= 11 is 1.93. The maximum Gasteiger partial charge on any atom is 0.0658 e. The molecule has 1 saturated carbocycles. The molecule has 0 aromatic heterocycles. The third-order valence-corrected chi connectivity index (χ3v) is 5.00. The monoisotopic (exact) mass is 259 g/mol. The summed E-state index contributed by atoms with van der Waals surface area (Å²) in [6.45, 7) is 9.90. The molecule has 1 fully saturated rings. The third kappa shape index (κ3) is 3.62. The van der Waals surface area contributed by atoms with Gasteiger partial charge in [-0.3, -0.25) is 0 Å². The van der Waals surface area contributed by atoms with Gasteiger partial charge in [-0.25, -0.2) is 0 Å². The molecule has 1 aliphatic carbocycles. The first-order valence-electron chi connectivity index (χ1n) is 6.95. The van der Waals surface area contributed by atoms with Crippen LogP contribution in [0.2, 0.25) is 0 Å². The van der Waals surface area contributed by atoms with E-state index in [1.807, 2.05) is 11.8 Å². The predicted molar refractivity (Wildman–Crippen MR) is 77.8 cm³/mol. The lowest BCUT2D eigenvalue weighted by molar-refractivity contribution is -0.127. The van der Waals surface area contributed by atoms with E-state index in [0.717, 1.165) is 6.61 Å². The smallest absolute Gasteiger partial charge is 0.0658 e. The molecule has 0 aliphatic heterocycles. The van der Waals surface area contributed by atoms with Crippen molar-refractivity contribution in [1.29, 1.82) is 0 Å². The zero-order chi connectivity index (χ0) is 12.9. The van der Waals surface area contributed by atoms with Crippen LogP contribution in [0.3, 0.4) is 0 Å². The van der Waals surface area contributed by atoms with E-state index in [0.29, 0.717) is 23.6 Å². The van der Waals surface area contributed by atoms with Crippen molar-refractivity contribution in [3.8, 4) is 0 Å². The van der Waals surface area contributed by atoms with Crippen LogP contribution in [0.15, 0.2) is 0 Å². The molecule has 102 valence electrons. The van der Waals surface area contributed by atoms with Crippen molar-refractivity contribution in [3.63, 3.8) is 0 Å². The average Bonchev–Trinajstić information content (AvgIpc) is 2.34. The molecular weight excluding hydrogens is 230 g/mol. The largest absolute Gasteiger partial charge is 0.378 e. The summed E-state index contributed by atoms with van der Waals surface area (Å²) in [6, 6.07) is 1.27. The number of thioether (sulfide) groups is 1. The fourth-order valence-electron chi connectivity index (χ4n) is 2.73. The van der Waals surface area contributed by atoms with Gasteiger partial charge in [0.25, 0.3) is 0 Å². The Kier molecular flexibility index (Phi) is 6.32. The summed E-state index contributed by atoms with van der Waals surface area (Å²) in [5.74, 6) is 1.25. The second kappa shape index (κ2) is 7.01. The van der Waals surface area contributed by atoms with Crippen molar-refractivity contribution in [2.75, 3.05) is 18.6 Å². The van der Waals surface area contributed by atoms with E-state index in [9.17, 15) is 0 Å². The average molecular weight is 259 g/mol. The minimum atomic E-state index is 0.337. The molecule has 1 aliphatic rings. The minimum absolute atomic E-state index is 0.337. The van der Waals surface area contributed by atoms with Gasteiger partial charge in [0.2, 0.25) is 0 Å². The summed E-state index contributed by atoms with van der Waals surface area (Å²) < 4.78 is 5.83. The summed E-state index contributed by atoms with van der Waals surface area (Å²) in [7, 11) is 0. The first-order chi connectivity index (χ1) is 8.08. The maximum absolute atomic E-state index is 5.83. The normalized spacial score (nSPS) is 34.4. The van der Waals surface area contributed by atoms with Gasteiger partial charge in [-0.15, -0.1) is 0 Å². The van der Waals surface area contributed by atoms with Crippen molar-refractivity contribution >= 4 is 11.8 Å². The number of hydrogen-bond donors (Lipinski definition) is 1. The first-order valence-corrected chi connectivity index (χ1v) is 8.34. The minimum Gasteiger partial charge on any atom is -0.378 e. The van der Waals surface area contributed by atoms with Gasteiger partial charge in [0.1, 0.15) is 0 Å². The topological polar surface area (TPSA) is 21.3 Å². The van der Waals surface area contributed by atoms with Crippen LogP contribution in [0.25, 0.3) is 0 Å². The Hall–Kier alpha value is 0.270. The SMILES string of the molecule is CCOC1CC(NC(C)CCSC)C1(C)CC. The van der Waals surface area contributed by atoms with Gasteiger partial charge >= 0.3 is 0 Å². The molecule has 0 radical (unpaired) electrons. The molecule has 2 nitrogen and oxygen atoms in total. The Morgan fingerprint density at radius 2 is 2.18 bits per heavy atom. The number of rotatable bonds is 8. The van der Waals surface area contributed by atoms with Crippen LogP contribution in [0.1, 0.15) is 47.0 Å². The maximum atomic E-state index is 5.83. The van der Waals surface area contributed by atoms with E-state index in [1.165, 1.54) is 25.0 Å². The van der Waals surface area contributed by atoms with E-state index >= 15 is 0 Å². The molecule has 3 heteroatoms. The van der Waals surface area contributed by atoms with Gasteiger partial charge in [-0.2, -0.15) is 11.8 Å². The fraction of sp³-hybridized carbons (Fsp3) is 1.00. The van der Waals surface area contributed by atoms with E-state index < -0.39 is 0 Å². The molecule has 0 aromatic rings. The lowest BCUT2D eigenvalue weighted by Gasteiger charge is -2.54. The molecule has 0 spiro atoms. The highest BCUT2D eigenvalue weighted by Gasteiger charge is 2.51. The van der Waals surface area contributed by atoms with Crippen molar-refractivity contribution in [1.82, 2.24) is 5.32 Å². The second-order valence-electron chi connectivity index (χ2n) is 5.44. The third-order valence-electron chi connectivity index (χ3n) is 4.35. The van der Waals surface area contributed by atoms with Gasteiger partial charge in [-0.1, -0.05) is 13.8 Å². The second-order valence-corrected chi connectivity index (χ2v) is 6.43. The summed E-state index contributed by atoms with van der Waals surface area (Å²) in [5, 5.41) is 3.79. The lowest BCUT2D eigenvalue weighted by Crippen LogP contribution is -2.63. The van der Waals surface area contributed by atoms with E-state index in [1.54, 1.807) is 0 Å². The molecule has 1 rings (SSSR count). The van der Waals surface area contributed by atoms with Crippen molar-refractivity contribution < 1.29 is 4.74 Å². The van der Waals surface area contributed by atoms with Crippen LogP contribution < -0.4 is 5.32 Å². The Morgan fingerprint density at radius 1 is 1.47 bits per heavy atom. The molecule has 1 N–H and O–H groups in total. The summed E-state index contributed by atoms with van der Waals surface area (Å²) in [5.41, 5.74) is 0.337. The molecule has 0 amide bonds. The Bertz CT molecular complexity index is 224. The highest BCUT2D eigenvalue weighted by atomic mass is 32.2. The quantitative estimate of drug-likeness (QED) is 0.722. The number of hydrogen-bond acceptors (Lipinski definition) is 3. The van der Waals surface area contributed by atoms with Crippen LogP contribution in [-0.4, -0.2) is 36.8 Å². The zero-order valence-corrected chi connectivity index (χ0v) is 12.9. The molecule has 0 bridgehead atoms. The fourth-order valence-corrected chi connectivity index (χ4v) is 3.32. The van der Waals surface area contributed by atoms with E-state index in [-0.39, 0.29) is 0 Å². The van der Waals surface area contributed by atoms with Crippen LogP contribution in [-0.2, 0) is 4.74 Å². The molecule has 4 atom stereocenters. The molecule has 17 heavy (non-hydrogen) atoms.